The van der Waals surface area contributed by atoms with Crippen LogP contribution in [0.25, 0.3) is 0 Å². The average molecular weight is 148 g/mol. The molecule has 2 aliphatic rings. The monoisotopic (exact) mass is 148 g/mol. The number of nitrogens with one attached hydrogen (secondary N) is 1. The highest BCUT2D eigenvalue weighted by molar-refractivity contribution is 5.42. The Morgan fingerprint density at radius 3 is 3.18 bits per heavy atom. The van der Waals surface area contributed by atoms with Gasteiger partial charge in [-0.1, -0.05) is 18.2 Å². The van der Waals surface area contributed by atoms with E-state index in [-0.39, 0.29) is 0 Å². The predicted molar refractivity (Wildman–Crippen MR) is 45.7 cm³/mol. The van der Waals surface area contributed by atoms with Crippen LogP contribution >= 0.6 is 0 Å². The lowest BCUT2D eigenvalue weighted by atomic mass is 9.98. The summed E-state index contributed by atoms with van der Waals surface area (Å²) in [5.74, 6) is 0. The van der Waals surface area contributed by atoms with Crippen LogP contribution in [-0.2, 0) is 0 Å². The molecule has 0 fully saturated rings. The number of hydrogen-bond donors (Lipinski definition) is 2. The Morgan fingerprint density at radius 1 is 1.45 bits per heavy atom. The van der Waals surface area contributed by atoms with Crippen molar-refractivity contribution in [3.63, 3.8) is 0 Å². The van der Waals surface area contributed by atoms with Crippen LogP contribution in [0.3, 0.4) is 0 Å². The highest BCUT2D eigenvalue weighted by Gasteiger charge is 2.12. The quantitative estimate of drug-likeness (QED) is 0.538. The molecular formula is C9H12N2. The van der Waals surface area contributed by atoms with Crippen LogP contribution in [0.5, 0.6) is 0 Å². The van der Waals surface area contributed by atoms with Crippen molar-refractivity contribution >= 4 is 0 Å². The van der Waals surface area contributed by atoms with E-state index in [4.69, 9.17) is 5.73 Å². The molecule has 0 aromatic rings. The van der Waals surface area contributed by atoms with Gasteiger partial charge in [0.25, 0.3) is 0 Å². The first-order valence-corrected chi connectivity index (χ1v) is 3.97. The molecule has 0 aromatic carbocycles. The summed E-state index contributed by atoms with van der Waals surface area (Å²) < 4.78 is 0. The second-order valence-corrected chi connectivity index (χ2v) is 2.88. The minimum absolute atomic E-state index is 0.910. The van der Waals surface area contributed by atoms with E-state index >= 15 is 0 Å². The van der Waals surface area contributed by atoms with E-state index < -0.39 is 0 Å². The molecule has 11 heavy (non-hydrogen) atoms. The Labute approximate surface area is 66.5 Å². The first-order valence-electron chi connectivity index (χ1n) is 3.97. The smallest absolute Gasteiger partial charge is 0.0605 e. The van der Waals surface area contributed by atoms with Gasteiger partial charge in [0.15, 0.2) is 0 Å². The minimum atomic E-state index is 0.910. The molecule has 0 bridgehead atoms. The molecule has 0 amide bonds. The van der Waals surface area contributed by atoms with Gasteiger partial charge >= 0.3 is 0 Å². The van der Waals surface area contributed by atoms with Crippen LogP contribution in [0.1, 0.15) is 12.8 Å². The van der Waals surface area contributed by atoms with Crippen molar-refractivity contribution in [2.45, 2.75) is 12.8 Å². The van der Waals surface area contributed by atoms with Gasteiger partial charge in [0.05, 0.1) is 11.4 Å². The fourth-order valence-corrected chi connectivity index (χ4v) is 1.54. The zero-order chi connectivity index (χ0) is 7.68. The molecular weight excluding hydrogens is 136 g/mol. The molecule has 1 aliphatic carbocycles. The van der Waals surface area contributed by atoms with E-state index in [0.717, 1.165) is 30.8 Å². The minimum Gasteiger partial charge on any atom is -0.397 e. The number of rotatable bonds is 0. The molecule has 0 radical (unpaired) electrons. The summed E-state index contributed by atoms with van der Waals surface area (Å²) in [6, 6.07) is 0. The molecule has 1 aliphatic heterocycles. The van der Waals surface area contributed by atoms with Crippen molar-refractivity contribution < 1.29 is 0 Å². The van der Waals surface area contributed by atoms with Gasteiger partial charge in [0.1, 0.15) is 0 Å². The topological polar surface area (TPSA) is 38.0 Å². The van der Waals surface area contributed by atoms with E-state index in [1.165, 1.54) is 5.57 Å². The van der Waals surface area contributed by atoms with Crippen LogP contribution < -0.4 is 11.1 Å². The molecule has 0 aromatic heterocycles. The molecule has 0 unspecified atom stereocenters. The maximum atomic E-state index is 5.80. The highest BCUT2D eigenvalue weighted by Crippen LogP contribution is 2.22. The van der Waals surface area contributed by atoms with Crippen molar-refractivity contribution in [3.05, 3.63) is 35.2 Å². The van der Waals surface area contributed by atoms with E-state index in [0.29, 0.717) is 0 Å². The molecule has 1 heterocycles. The lowest BCUT2D eigenvalue weighted by Crippen LogP contribution is -2.24. The maximum absolute atomic E-state index is 5.80. The van der Waals surface area contributed by atoms with Crippen molar-refractivity contribution in [1.82, 2.24) is 5.32 Å². The van der Waals surface area contributed by atoms with E-state index in [2.05, 4.69) is 23.5 Å². The maximum Gasteiger partial charge on any atom is 0.0605 e. The van der Waals surface area contributed by atoms with Gasteiger partial charge in [-0.25, -0.2) is 0 Å². The summed E-state index contributed by atoms with van der Waals surface area (Å²) in [7, 11) is 0. The summed E-state index contributed by atoms with van der Waals surface area (Å²) in [6.07, 6.45) is 8.60. The molecule has 58 valence electrons. The van der Waals surface area contributed by atoms with Crippen LogP contribution in [0.4, 0.5) is 0 Å². The van der Waals surface area contributed by atoms with Crippen molar-refractivity contribution in [2.75, 3.05) is 6.54 Å². The first-order chi connectivity index (χ1) is 5.38. The summed E-state index contributed by atoms with van der Waals surface area (Å²) >= 11 is 0. The second kappa shape index (κ2) is 2.46. The molecule has 2 heteroatoms. The first kappa shape index (κ1) is 6.53. The predicted octanol–water partition coefficient (Wildman–Crippen LogP) is 1.04. The van der Waals surface area contributed by atoms with Gasteiger partial charge in [-0.2, -0.15) is 0 Å². The summed E-state index contributed by atoms with van der Waals surface area (Å²) in [6.45, 7) is 0.910. The molecule has 0 atom stereocenters. The van der Waals surface area contributed by atoms with E-state index in [9.17, 15) is 0 Å². The van der Waals surface area contributed by atoms with Gasteiger partial charge in [0, 0.05) is 6.54 Å². The standard InChI is InChI=1S/C9H12N2/c10-8-5-1-3-7-4-2-6-11-9(7)8/h2,4-5,11H,1,3,6,10H2. The average Bonchev–Trinajstić information content (AvgIpc) is 2.06. The highest BCUT2D eigenvalue weighted by atomic mass is 14.9. The molecule has 2 rings (SSSR count). The van der Waals surface area contributed by atoms with Gasteiger partial charge in [-0.3, -0.25) is 0 Å². The Hall–Kier alpha value is -1.18. The fourth-order valence-electron chi connectivity index (χ4n) is 1.54. The normalized spacial score (nSPS) is 22.4. The number of allylic oxidation sites excluding steroid dienone is 3. The molecule has 2 nitrogen and oxygen atoms in total. The van der Waals surface area contributed by atoms with Gasteiger partial charge in [-0.05, 0) is 18.4 Å². The second-order valence-electron chi connectivity index (χ2n) is 2.88. The molecule has 0 saturated carbocycles. The van der Waals surface area contributed by atoms with E-state index in [1.807, 2.05) is 0 Å². The Kier molecular flexibility index (Phi) is 1.46. The lowest BCUT2D eigenvalue weighted by Gasteiger charge is -2.21. The molecule has 0 saturated heterocycles. The zero-order valence-electron chi connectivity index (χ0n) is 6.43. The Bertz CT molecular complexity index is 259. The van der Waals surface area contributed by atoms with Gasteiger partial charge in [-0.15, -0.1) is 0 Å². The largest absolute Gasteiger partial charge is 0.397 e. The van der Waals surface area contributed by atoms with Crippen molar-refractivity contribution in [2.24, 2.45) is 5.73 Å². The summed E-state index contributed by atoms with van der Waals surface area (Å²) in [5.41, 5.74) is 9.22. The Balaban J connectivity index is 2.37. The number of hydrogen-bond acceptors (Lipinski definition) is 2. The van der Waals surface area contributed by atoms with Gasteiger partial charge in [0.2, 0.25) is 0 Å². The molecule has 0 spiro atoms. The molecule has 3 N–H and O–H groups in total. The van der Waals surface area contributed by atoms with Crippen LogP contribution in [-0.4, -0.2) is 6.54 Å². The summed E-state index contributed by atoms with van der Waals surface area (Å²) in [4.78, 5) is 0. The third kappa shape index (κ3) is 1.04. The van der Waals surface area contributed by atoms with Gasteiger partial charge < -0.3 is 11.1 Å². The fraction of sp³-hybridized carbons (Fsp3) is 0.333. The third-order valence-corrected chi connectivity index (χ3v) is 2.10. The van der Waals surface area contributed by atoms with E-state index in [1.54, 1.807) is 0 Å². The lowest BCUT2D eigenvalue weighted by molar-refractivity contribution is 0.814. The van der Waals surface area contributed by atoms with Crippen molar-refractivity contribution in [1.29, 1.82) is 0 Å². The van der Waals surface area contributed by atoms with Crippen molar-refractivity contribution in [3.8, 4) is 0 Å². The number of nitrogens with two attached hydrogens (primary N) is 1. The Morgan fingerprint density at radius 2 is 2.36 bits per heavy atom. The SMILES string of the molecule is NC1=CCCC2=C1NCC=C2. The van der Waals surface area contributed by atoms with Crippen LogP contribution in [0, 0.1) is 0 Å². The summed E-state index contributed by atoms with van der Waals surface area (Å²) in [5, 5.41) is 3.27. The van der Waals surface area contributed by atoms with Crippen LogP contribution in [0.2, 0.25) is 0 Å². The third-order valence-electron chi connectivity index (χ3n) is 2.10. The van der Waals surface area contributed by atoms with Crippen LogP contribution in [0.15, 0.2) is 35.2 Å². The number of dihydropyridines is 1. The zero-order valence-corrected chi connectivity index (χ0v) is 6.43.